The van der Waals surface area contributed by atoms with Gasteiger partial charge in [-0.3, -0.25) is 9.59 Å². The maximum atomic E-state index is 11.7. The summed E-state index contributed by atoms with van der Waals surface area (Å²) in [5, 5.41) is 16.6. The van der Waals surface area contributed by atoms with Gasteiger partial charge >= 0.3 is 12.1 Å². The van der Waals surface area contributed by atoms with Gasteiger partial charge in [0.1, 0.15) is 5.82 Å². The number of carboxylic acids is 1. The summed E-state index contributed by atoms with van der Waals surface area (Å²) in [6.45, 7) is 3.91. The second-order valence-electron chi connectivity index (χ2n) is 8.73. The lowest BCUT2D eigenvalue weighted by Gasteiger charge is -2.16. The van der Waals surface area contributed by atoms with Crippen molar-refractivity contribution < 1.29 is 32.7 Å². The first-order valence-electron chi connectivity index (χ1n) is 11.9. The number of alkyl halides is 3. The fraction of sp³-hybridized carbons (Fsp3) is 0.458. The second kappa shape index (κ2) is 12.4. The lowest BCUT2D eigenvalue weighted by Crippen LogP contribution is -2.27. The Kier molecular flexibility index (Phi) is 9.25. The summed E-state index contributed by atoms with van der Waals surface area (Å²) < 4.78 is 31.7. The van der Waals surface area contributed by atoms with E-state index in [-0.39, 0.29) is 11.8 Å². The third-order valence-corrected chi connectivity index (χ3v) is 5.58. The third-order valence-electron chi connectivity index (χ3n) is 5.58. The van der Waals surface area contributed by atoms with Gasteiger partial charge in [0.2, 0.25) is 17.8 Å². The SMILES string of the molecule is CC(=O)Nc1cccc(Nc2ncc(C3CC3)c(NCCCN3CCCC3=O)n2)c1.O=C(O)C(F)(F)F. The molecule has 4 rings (SSSR count). The van der Waals surface area contributed by atoms with E-state index in [1.165, 1.54) is 19.8 Å². The van der Waals surface area contributed by atoms with Crippen molar-refractivity contribution in [2.75, 3.05) is 35.6 Å². The topological polar surface area (TPSA) is 137 Å². The Balaban J connectivity index is 0.000000479. The Morgan fingerprint density at radius 2 is 1.92 bits per heavy atom. The Labute approximate surface area is 211 Å². The molecular formula is C24H29F3N6O4. The van der Waals surface area contributed by atoms with Crippen molar-refractivity contribution >= 4 is 40.9 Å². The summed E-state index contributed by atoms with van der Waals surface area (Å²) in [6.07, 6.45) is 1.71. The van der Waals surface area contributed by atoms with Gasteiger partial charge in [0.05, 0.1) is 0 Å². The molecule has 2 aromatic rings. The molecule has 1 aromatic carbocycles. The van der Waals surface area contributed by atoms with Crippen LogP contribution in [0.2, 0.25) is 0 Å². The lowest BCUT2D eigenvalue weighted by molar-refractivity contribution is -0.192. The van der Waals surface area contributed by atoms with E-state index in [0.717, 1.165) is 55.2 Å². The number of carbonyl (C=O) groups is 3. The van der Waals surface area contributed by atoms with Gasteiger partial charge in [-0.15, -0.1) is 0 Å². The molecule has 2 amide bonds. The Morgan fingerprint density at radius 3 is 2.51 bits per heavy atom. The minimum absolute atomic E-state index is 0.112. The highest BCUT2D eigenvalue weighted by molar-refractivity contribution is 5.89. The van der Waals surface area contributed by atoms with E-state index in [4.69, 9.17) is 14.9 Å². The average molecular weight is 523 g/mol. The van der Waals surface area contributed by atoms with Crippen LogP contribution in [0, 0.1) is 0 Å². The number of aromatic nitrogens is 2. The number of aliphatic carboxylic acids is 1. The van der Waals surface area contributed by atoms with E-state index in [1.54, 1.807) is 0 Å². The summed E-state index contributed by atoms with van der Waals surface area (Å²) in [5.41, 5.74) is 2.68. The molecule has 0 atom stereocenters. The van der Waals surface area contributed by atoms with E-state index in [9.17, 15) is 22.8 Å². The van der Waals surface area contributed by atoms with Gasteiger partial charge in [-0.05, 0) is 49.8 Å². The van der Waals surface area contributed by atoms with E-state index >= 15 is 0 Å². The molecule has 1 saturated heterocycles. The molecule has 1 aliphatic carbocycles. The summed E-state index contributed by atoms with van der Waals surface area (Å²) in [5.74, 6) is -0.697. The van der Waals surface area contributed by atoms with E-state index < -0.39 is 12.1 Å². The standard InChI is InChI=1S/C22H28N6O2.C2HF3O2/c1-15(29)25-17-5-2-6-18(13-17)26-22-24-14-19(16-8-9-16)21(27-22)23-10-4-12-28-11-3-7-20(28)30;3-2(4,5)1(6)7/h2,5-6,13-14,16H,3-4,7-12H2,1H3,(H,25,29)(H2,23,24,26,27);(H,6,7). The van der Waals surface area contributed by atoms with Crippen molar-refractivity contribution in [1.29, 1.82) is 0 Å². The number of rotatable bonds is 9. The molecule has 10 nitrogen and oxygen atoms in total. The van der Waals surface area contributed by atoms with Crippen molar-refractivity contribution in [3.63, 3.8) is 0 Å². The van der Waals surface area contributed by atoms with Crippen LogP contribution in [-0.4, -0.2) is 63.6 Å². The molecule has 1 aliphatic heterocycles. The predicted molar refractivity (Wildman–Crippen MR) is 131 cm³/mol. The fourth-order valence-corrected chi connectivity index (χ4v) is 3.71. The van der Waals surface area contributed by atoms with Crippen LogP contribution in [0.3, 0.4) is 0 Å². The van der Waals surface area contributed by atoms with Crippen molar-refractivity contribution in [2.45, 2.75) is 51.1 Å². The summed E-state index contributed by atoms with van der Waals surface area (Å²) in [7, 11) is 0. The molecule has 0 unspecified atom stereocenters. The number of nitrogens with one attached hydrogen (secondary N) is 3. The largest absolute Gasteiger partial charge is 0.490 e. The van der Waals surface area contributed by atoms with Crippen LogP contribution in [0.4, 0.5) is 36.3 Å². The minimum Gasteiger partial charge on any atom is -0.475 e. The zero-order valence-corrected chi connectivity index (χ0v) is 20.3. The zero-order chi connectivity index (χ0) is 27.0. The summed E-state index contributed by atoms with van der Waals surface area (Å²) in [4.78, 5) is 43.0. The van der Waals surface area contributed by atoms with Crippen molar-refractivity contribution in [3.05, 3.63) is 36.0 Å². The first-order valence-corrected chi connectivity index (χ1v) is 11.9. The van der Waals surface area contributed by atoms with Gasteiger partial charge in [-0.1, -0.05) is 6.07 Å². The van der Waals surface area contributed by atoms with Crippen LogP contribution in [0.25, 0.3) is 0 Å². The Morgan fingerprint density at radius 1 is 1.22 bits per heavy atom. The number of carbonyl (C=O) groups excluding carboxylic acids is 2. The molecule has 2 aliphatic rings. The van der Waals surface area contributed by atoms with E-state index in [0.29, 0.717) is 18.3 Å². The van der Waals surface area contributed by atoms with Crippen molar-refractivity contribution in [2.24, 2.45) is 0 Å². The first kappa shape index (κ1) is 27.7. The number of likely N-dealkylation sites (tertiary alicyclic amines) is 1. The molecule has 13 heteroatoms. The number of nitrogens with zero attached hydrogens (tertiary/aromatic N) is 3. The average Bonchev–Trinajstić information content (AvgIpc) is 3.58. The van der Waals surface area contributed by atoms with Crippen LogP contribution < -0.4 is 16.0 Å². The lowest BCUT2D eigenvalue weighted by atomic mass is 10.2. The number of amides is 2. The number of carboxylic acid groups (broad SMARTS) is 1. The molecule has 200 valence electrons. The highest BCUT2D eigenvalue weighted by atomic mass is 19.4. The molecule has 37 heavy (non-hydrogen) atoms. The molecular weight excluding hydrogens is 493 g/mol. The van der Waals surface area contributed by atoms with Crippen LogP contribution in [0.1, 0.15) is 50.5 Å². The Bertz CT molecular complexity index is 1120. The van der Waals surface area contributed by atoms with Gasteiger partial charge in [0.15, 0.2) is 0 Å². The van der Waals surface area contributed by atoms with Crippen LogP contribution in [0.5, 0.6) is 0 Å². The molecule has 1 saturated carbocycles. The monoisotopic (exact) mass is 522 g/mol. The molecule has 0 spiro atoms. The van der Waals surface area contributed by atoms with Gasteiger partial charge in [0.25, 0.3) is 0 Å². The normalized spacial score (nSPS) is 15.0. The second-order valence-corrected chi connectivity index (χ2v) is 8.73. The summed E-state index contributed by atoms with van der Waals surface area (Å²) in [6, 6.07) is 7.45. The summed E-state index contributed by atoms with van der Waals surface area (Å²) >= 11 is 0. The van der Waals surface area contributed by atoms with E-state index in [1.807, 2.05) is 35.4 Å². The third kappa shape index (κ3) is 8.92. The van der Waals surface area contributed by atoms with Crippen molar-refractivity contribution in [3.8, 4) is 0 Å². The van der Waals surface area contributed by atoms with Crippen LogP contribution in [-0.2, 0) is 14.4 Å². The minimum atomic E-state index is -5.08. The molecule has 4 N–H and O–H groups in total. The molecule has 2 fully saturated rings. The number of halogens is 3. The van der Waals surface area contributed by atoms with Crippen LogP contribution in [0.15, 0.2) is 30.5 Å². The molecule has 1 aromatic heterocycles. The number of benzene rings is 1. The molecule has 0 bridgehead atoms. The predicted octanol–water partition coefficient (Wildman–Crippen LogP) is 4.11. The van der Waals surface area contributed by atoms with Gasteiger partial charge in [-0.25, -0.2) is 9.78 Å². The first-order chi connectivity index (χ1) is 17.5. The molecule has 2 heterocycles. The maximum absolute atomic E-state index is 11.7. The number of hydrogen-bond acceptors (Lipinski definition) is 7. The Hall–Kier alpha value is -3.90. The maximum Gasteiger partial charge on any atom is 0.490 e. The van der Waals surface area contributed by atoms with Crippen LogP contribution >= 0.6 is 0 Å². The highest BCUT2D eigenvalue weighted by Crippen LogP contribution is 2.42. The van der Waals surface area contributed by atoms with Gasteiger partial charge in [-0.2, -0.15) is 18.2 Å². The number of hydrogen-bond donors (Lipinski definition) is 4. The fourth-order valence-electron chi connectivity index (χ4n) is 3.71. The zero-order valence-electron chi connectivity index (χ0n) is 20.3. The quantitative estimate of drug-likeness (QED) is 0.361. The highest BCUT2D eigenvalue weighted by Gasteiger charge is 2.38. The van der Waals surface area contributed by atoms with Crippen molar-refractivity contribution in [1.82, 2.24) is 14.9 Å². The van der Waals surface area contributed by atoms with E-state index in [2.05, 4.69) is 20.9 Å². The van der Waals surface area contributed by atoms with Gasteiger partial charge in [0, 0.05) is 56.1 Å². The smallest absolute Gasteiger partial charge is 0.475 e. The molecule has 0 radical (unpaired) electrons. The van der Waals surface area contributed by atoms with Gasteiger partial charge < -0.3 is 26.0 Å². The number of anilines is 4.